The Bertz CT molecular complexity index is 1530. The summed E-state index contributed by atoms with van der Waals surface area (Å²) in [7, 11) is -4.26. The number of rotatable bonds is 11. The van der Waals surface area contributed by atoms with Gasteiger partial charge in [-0.3, -0.25) is 24.3 Å². The van der Waals surface area contributed by atoms with Crippen LogP contribution >= 0.6 is 11.3 Å². The number of anilines is 1. The Kier molecular flexibility index (Phi) is 11.1. The predicted molar refractivity (Wildman–Crippen MR) is 138 cm³/mol. The van der Waals surface area contributed by atoms with Gasteiger partial charge in [0.25, 0.3) is 17.5 Å². The van der Waals surface area contributed by atoms with Crippen molar-refractivity contribution in [2.75, 3.05) is 12.8 Å². The van der Waals surface area contributed by atoms with Crippen molar-refractivity contribution in [2.24, 2.45) is 5.16 Å². The van der Waals surface area contributed by atoms with Crippen LogP contribution in [0.5, 0.6) is 0 Å². The molecule has 2 atom stereocenters. The fraction of sp³-hybridized carbons (Fsp3) is 0.333. The largest absolute Gasteiger partial charge is 1.00 e. The van der Waals surface area contributed by atoms with Crippen molar-refractivity contribution in [3.05, 3.63) is 51.0 Å². The number of carbonyl (C=O) groups is 4. The van der Waals surface area contributed by atoms with E-state index in [1.807, 2.05) is 0 Å². The molecule has 2 unspecified atom stereocenters. The number of nitrogen functional groups attached to an aromatic ring is 1. The number of β-lactam (4-membered cyclic amide) rings is 1. The molecular formula is C21H23N6NaO12S2. The molecule has 0 aliphatic carbocycles. The maximum atomic E-state index is 13.1. The van der Waals surface area contributed by atoms with Gasteiger partial charge in [-0.05, 0) is 31.5 Å². The van der Waals surface area contributed by atoms with E-state index in [4.69, 9.17) is 15.3 Å². The Labute approximate surface area is 265 Å². The van der Waals surface area contributed by atoms with E-state index in [0.717, 1.165) is 18.4 Å². The van der Waals surface area contributed by atoms with E-state index < -0.39 is 62.4 Å². The second kappa shape index (κ2) is 13.5. The van der Waals surface area contributed by atoms with E-state index in [0.29, 0.717) is 5.56 Å². The maximum absolute atomic E-state index is 13.1. The van der Waals surface area contributed by atoms with Crippen molar-refractivity contribution in [3.8, 4) is 0 Å². The number of nitrogens with one attached hydrogen (secondary N) is 1. The molecule has 3 rings (SSSR count). The molecular weight excluding hydrogens is 615 g/mol. The van der Waals surface area contributed by atoms with Gasteiger partial charge in [0, 0.05) is 17.5 Å². The quantitative estimate of drug-likeness (QED) is 0.0414. The van der Waals surface area contributed by atoms with Crippen molar-refractivity contribution < 1.29 is 82.4 Å². The van der Waals surface area contributed by atoms with Gasteiger partial charge in [-0.25, -0.2) is 14.6 Å². The zero-order valence-electron chi connectivity index (χ0n) is 23.4. The molecule has 18 nitrogen and oxygen atoms in total. The van der Waals surface area contributed by atoms with E-state index in [-0.39, 0.29) is 58.4 Å². The topological polar surface area (TPSA) is 260 Å². The number of non-ortho nitro benzene ring substituents is 1. The zero-order chi connectivity index (χ0) is 30.7. The van der Waals surface area contributed by atoms with Crippen LogP contribution in [0.15, 0.2) is 34.8 Å². The second-order valence-electron chi connectivity index (χ2n) is 8.64. The van der Waals surface area contributed by atoms with Gasteiger partial charge in [0.1, 0.15) is 18.3 Å². The van der Waals surface area contributed by atoms with Crippen molar-refractivity contribution >= 4 is 61.9 Å². The van der Waals surface area contributed by atoms with Crippen LogP contribution in [-0.2, 0) is 50.4 Å². The Balaban J connectivity index is 0.00000462. The summed E-state index contributed by atoms with van der Waals surface area (Å²) in [6.07, 6.45) is 0. The fourth-order valence-electron chi connectivity index (χ4n) is 3.26. The van der Waals surface area contributed by atoms with E-state index >= 15 is 0 Å². The summed E-state index contributed by atoms with van der Waals surface area (Å²) < 4.78 is 41.7. The third-order valence-corrected chi connectivity index (χ3v) is 6.96. The van der Waals surface area contributed by atoms with Crippen molar-refractivity contribution in [3.63, 3.8) is 0 Å². The molecule has 2 aromatic rings. The second-order valence-corrected chi connectivity index (χ2v) is 10.8. The van der Waals surface area contributed by atoms with Gasteiger partial charge in [0.05, 0.1) is 12.0 Å². The number of nitrogens with zero attached hydrogens (tertiary/aromatic N) is 4. The third-order valence-electron chi connectivity index (χ3n) is 5.38. The molecule has 21 heteroatoms. The standard InChI is InChI=1S/C21H22N6O12S2.Na.H/c1-21(2,19(31)38-8-10-4-6-11(7-5-10)27(32)33)39-25-13(12-9-40-20(22)23-12)16(28)24-14-15(18(30)37-3)26(17(14)29)41(34,35)36;;/h4-7,9,14-15H,8H2,1-3H3,(H2,22,23)(H,24,28)(H,34,35,36);;/q;+1;-1/b25-13+;;. The number of carbonyl (C=O) groups excluding carboxylic acids is 4. The van der Waals surface area contributed by atoms with Crippen LogP contribution in [0.25, 0.3) is 0 Å². The van der Waals surface area contributed by atoms with E-state index in [2.05, 4.69) is 20.2 Å². The first-order valence-electron chi connectivity index (χ1n) is 11.1. The minimum absolute atomic E-state index is 0. The molecule has 0 bridgehead atoms. The molecule has 2 heterocycles. The molecule has 2 amide bonds. The van der Waals surface area contributed by atoms with Crippen LogP contribution in [-0.4, -0.2) is 81.4 Å². The summed E-state index contributed by atoms with van der Waals surface area (Å²) in [5, 5.41) is 17.9. The molecule has 1 aliphatic heterocycles. The van der Waals surface area contributed by atoms with Crippen molar-refractivity contribution in [2.45, 2.75) is 38.1 Å². The van der Waals surface area contributed by atoms with Crippen LogP contribution in [0.2, 0.25) is 0 Å². The number of thiazole rings is 1. The van der Waals surface area contributed by atoms with Crippen LogP contribution in [0, 0.1) is 10.1 Å². The van der Waals surface area contributed by atoms with Gasteiger partial charge in [0.2, 0.25) is 5.60 Å². The third kappa shape index (κ3) is 7.77. The normalized spacial score (nSPS) is 16.9. The van der Waals surface area contributed by atoms with Gasteiger partial charge in [-0.15, -0.1) is 11.3 Å². The van der Waals surface area contributed by atoms with Gasteiger partial charge < -0.3 is 26.8 Å². The van der Waals surface area contributed by atoms with Gasteiger partial charge in [0.15, 0.2) is 16.9 Å². The number of nitro benzene ring substituents is 1. The predicted octanol–water partition coefficient (Wildman–Crippen LogP) is -3.34. The Morgan fingerprint density at radius 3 is 2.43 bits per heavy atom. The molecule has 1 saturated heterocycles. The zero-order valence-corrected chi connectivity index (χ0v) is 26.0. The average Bonchev–Trinajstić information content (AvgIpc) is 3.33. The van der Waals surface area contributed by atoms with Gasteiger partial charge in [-0.2, -0.15) is 12.7 Å². The number of hydrogen-bond acceptors (Lipinski definition) is 15. The first kappa shape index (κ1) is 34.5. The molecule has 0 saturated carbocycles. The van der Waals surface area contributed by atoms with Gasteiger partial charge in [-0.1, -0.05) is 5.16 Å². The Morgan fingerprint density at radius 2 is 1.93 bits per heavy atom. The molecule has 1 aliphatic rings. The monoisotopic (exact) mass is 638 g/mol. The number of aromatic nitrogens is 1. The Hall–Kier alpha value is -3.69. The fourth-order valence-corrected chi connectivity index (χ4v) is 4.64. The van der Waals surface area contributed by atoms with Crippen LogP contribution < -0.4 is 40.6 Å². The van der Waals surface area contributed by atoms with Crippen LogP contribution in [0.1, 0.15) is 26.5 Å². The first-order chi connectivity index (χ1) is 19.1. The number of nitro groups is 1. The summed E-state index contributed by atoms with van der Waals surface area (Å²) in [5.41, 5.74) is 3.32. The SMILES string of the molecule is COC(=O)C1C(NC(=O)/C(=N/OC(C)(C)C(=O)OCc2ccc([N+](=O)[O-])cc2)c2csc(N)n2)C(=O)N1S(=O)(=O)O.[H-].[Na+]. The first-order valence-corrected chi connectivity index (χ1v) is 13.4. The molecule has 0 radical (unpaired) electrons. The summed E-state index contributed by atoms with van der Waals surface area (Å²) in [6, 6.07) is 1.54. The number of oxime groups is 1. The van der Waals surface area contributed by atoms with E-state index in [9.17, 15) is 42.3 Å². The summed E-state index contributed by atoms with van der Waals surface area (Å²) in [5.74, 6) is -4.73. The van der Waals surface area contributed by atoms with E-state index in [1.165, 1.54) is 43.5 Å². The molecule has 1 aromatic carbocycles. The summed E-state index contributed by atoms with van der Waals surface area (Å²) >= 11 is 0.905. The smallest absolute Gasteiger partial charge is 1.00 e. The summed E-state index contributed by atoms with van der Waals surface area (Å²) in [6.45, 7) is 2.24. The van der Waals surface area contributed by atoms with E-state index in [1.54, 1.807) is 0 Å². The van der Waals surface area contributed by atoms with Gasteiger partial charge >= 0.3 is 51.8 Å². The summed E-state index contributed by atoms with van der Waals surface area (Å²) in [4.78, 5) is 69.5. The molecule has 222 valence electrons. The van der Waals surface area contributed by atoms with Crippen LogP contribution in [0.3, 0.4) is 0 Å². The molecule has 1 aromatic heterocycles. The number of nitrogens with two attached hydrogens (primary N) is 1. The number of methoxy groups -OCH3 is 1. The molecule has 4 N–H and O–H groups in total. The minimum atomic E-state index is -5.16. The molecule has 0 spiro atoms. The van der Waals surface area contributed by atoms with Crippen molar-refractivity contribution in [1.82, 2.24) is 14.6 Å². The number of benzene rings is 1. The number of amides is 2. The maximum Gasteiger partial charge on any atom is 1.00 e. The number of hydrogen-bond donors (Lipinski definition) is 3. The minimum Gasteiger partial charge on any atom is -1.00 e. The molecule has 1 fully saturated rings. The van der Waals surface area contributed by atoms with Crippen LogP contribution in [0.4, 0.5) is 10.8 Å². The average molecular weight is 639 g/mol. The molecule has 42 heavy (non-hydrogen) atoms. The number of esters is 2. The number of ether oxygens (including phenoxy) is 2. The van der Waals surface area contributed by atoms with Crippen molar-refractivity contribution in [1.29, 1.82) is 0 Å². The Morgan fingerprint density at radius 1 is 1.31 bits per heavy atom.